The third kappa shape index (κ3) is 3.96. The molecule has 1 aromatic heterocycles. The molecule has 2 aromatic rings. The number of halogens is 2. The van der Waals surface area contributed by atoms with Gasteiger partial charge in [-0.2, -0.15) is 0 Å². The first kappa shape index (κ1) is 14.4. The molecule has 5 heteroatoms. The van der Waals surface area contributed by atoms with Crippen LogP contribution in [0, 0.1) is 11.6 Å². The molecule has 1 aromatic carbocycles. The average Bonchev–Trinajstić information content (AvgIpc) is 2.26. The third-order valence-corrected chi connectivity index (χ3v) is 7.97. The second-order valence-corrected chi connectivity index (χ2v) is 19.9. The summed E-state index contributed by atoms with van der Waals surface area (Å²) in [6, 6.07) is 5.52. The van der Waals surface area contributed by atoms with Crippen LogP contribution < -0.4 is 3.71 Å². The molecule has 0 aliphatic carbocycles. The van der Waals surface area contributed by atoms with Crippen LogP contribution in [0.2, 0.25) is 14.8 Å². The maximum atomic E-state index is 13.1. The molecule has 100 valence electrons. The molecule has 0 spiro atoms. The molecule has 0 radical (unpaired) electrons. The zero-order chi connectivity index (χ0) is 14.0. The van der Waals surface area contributed by atoms with Crippen molar-refractivity contribution in [3.8, 4) is 0 Å². The Bertz CT molecular complexity index is 574. The zero-order valence-electron chi connectivity index (χ0n) is 11.2. The number of benzene rings is 1. The normalized spacial score (nSPS) is 11.6. The van der Waals surface area contributed by atoms with E-state index in [1.807, 2.05) is 6.07 Å². The van der Waals surface area contributed by atoms with Gasteiger partial charge in [-0.1, -0.05) is 0 Å². The number of rotatable bonds is 3. The van der Waals surface area contributed by atoms with Crippen LogP contribution in [0.15, 0.2) is 30.6 Å². The van der Waals surface area contributed by atoms with Crippen molar-refractivity contribution in [3.63, 3.8) is 0 Å². The van der Waals surface area contributed by atoms with Crippen molar-refractivity contribution < 1.29 is 8.78 Å². The Morgan fingerprint density at radius 2 is 1.58 bits per heavy atom. The minimum absolute atomic E-state index is 0.423. The fraction of sp³-hybridized carbons (Fsp3) is 0.286. The molecule has 19 heavy (non-hydrogen) atoms. The molecule has 0 aliphatic rings. The van der Waals surface area contributed by atoms with Crippen LogP contribution >= 0.6 is 0 Å². The van der Waals surface area contributed by atoms with Gasteiger partial charge in [-0.25, -0.2) is 0 Å². The van der Waals surface area contributed by atoms with Gasteiger partial charge in [0.2, 0.25) is 0 Å². The van der Waals surface area contributed by atoms with Crippen LogP contribution in [0.1, 0.15) is 11.3 Å². The van der Waals surface area contributed by atoms with Crippen molar-refractivity contribution in [2.45, 2.75) is 21.2 Å². The number of nitrogens with zero attached hydrogens (tertiary/aromatic N) is 2. The molecule has 0 bridgehead atoms. The van der Waals surface area contributed by atoms with Gasteiger partial charge in [-0.15, -0.1) is 0 Å². The van der Waals surface area contributed by atoms with Gasteiger partial charge in [-0.05, 0) is 0 Å². The monoisotopic (exact) mass is 370 g/mol. The van der Waals surface area contributed by atoms with E-state index in [2.05, 4.69) is 24.8 Å². The van der Waals surface area contributed by atoms with Gasteiger partial charge >= 0.3 is 116 Å². The Labute approximate surface area is 115 Å². The van der Waals surface area contributed by atoms with Gasteiger partial charge in [0.15, 0.2) is 0 Å². The SMILES string of the molecule is [CH3][Sn]([CH3])([CH3])[c]1cc(Cc2cc(F)cc(F)c2)ncn1. The summed E-state index contributed by atoms with van der Waals surface area (Å²) < 4.78 is 27.4. The first-order chi connectivity index (χ1) is 8.84. The second kappa shape index (κ2) is 5.53. The van der Waals surface area contributed by atoms with Gasteiger partial charge < -0.3 is 0 Å². The summed E-state index contributed by atoms with van der Waals surface area (Å²) in [5.74, 6) is -1.11. The molecule has 0 saturated heterocycles. The van der Waals surface area contributed by atoms with Crippen LogP contribution in [0.5, 0.6) is 0 Å². The standard InChI is InChI=1S/C11H7F2N2.3CH3.Sn/c12-9-3-8(4-10(13)6-9)5-11-1-2-14-7-15-11;;;;/h1,3-4,6-7H,5H2;3*1H3;. The zero-order valence-corrected chi connectivity index (χ0v) is 14.1. The number of aromatic nitrogens is 2. The molecule has 2 nitrogen and oxygen atoms in total. The Hall–Kier alpha value is -1.04. The molecule has 0 unspecified atom stereocenters. The summed E-state index contributed by atoms with van der Waals surface area (Å²) in [5.41, 5.74) is 1.40. The van der Waals surface area contributed by atoms with E-state index in [1.54, 1.807) is 6.33 Å². The van der Waals surface area contributed by atoms with Crippen LogP contribution in [-0.4, -0.2) is 28.3 Å². The molecule has 0 fully saturated rings. The molecule has 0 N–H and O–H groups in total. The van der Waals surface area contributed by atoms with Crippen molar-refractivity contribution >= 4 is 22.1 Å². The fourth-order valence-corrected chi connectivity index (χ4v) is 4.81. The summed E-state index contributed by atoms with van der Waals surface area (Å²) in [6.07, 6.45) is 1.97. The first-order valence-corrected chi connectivity index (χ1v) is 16.1. The van der Waals surface area contributed by atoms with E-state index < -0.39 is 30.0 Å². The summed E-state index contributed by atoms with van der Waals surface area (Å²) in [6.45, 7) is 0. The number of hydrogen-bond donors (Lipinski definition) is 0. The maximum absolute atomic E-state index is 13.1. The molecule has 2 rings (SSSR count). The predicted octanol–water partition coefficient (Wildman–Crippen LogP) is 2.89. The Balaban J connectivity index is 2.28. The first-order valence-electron chi connectivity index (χ1n) is 6.11. The van der Waals surface area contributed by atoms with E-state index in [9.17, 15) is 8.78 Å². The molecule has 0 saturated carbocycles. The van der Waals surface area contributed by atoms with Crippen LogP contribution in [-0.2, 0) is 6.42 Å². The van der Waals surface area contributed by atoms with Crippen molar-refractivity contribution in [1.29, 1.82) is 0 Å². The van der Waals surface area contributed by atoms with E-state index in [0.717, 1.165) is 15.5 Å². The van der Waals surface area contributed by atoms with Gasteiger partial charge in [0.1, 0.15) is 0 Å². The Kier molecular flexibility index (Phi) is 4.18. The minimum atomic E-state index is -2.23. The summed E-state index contributed by atoms with van der Waals surface area (Å²) >= 11 is -2.23. The summed E-state index contributed by atoms with van der Waals surface area (Å²) in [7, 11) is 0. The van der Waals surface area contributed by atoms with Gasteiger partial charge in [0.05, 0.1) is 0 Å². The van der Waals surface area contributed by atoms with Crippen molar-refractivity contribution in [3.05, 3.63) is 53.5 Å². The quantitative estimate of drug-likeness (QED) is 0.778. The Morgan fingerprint density at radius 1 is 0.947 bits per heavy atom. The summed E-state index contributed by atoms with van der Waals surface area (Å²) in [4.78, 5) is 15.3. The molecule has 0 atom stereocenters. The van der Waals surface area contributed by atoms with E-state index >= 15 is 0 Å². The molecule has 0 aliphatic heterocycles. The van der Waals surface area contributed by atoms with Crippen molar-refractivity contribution in [2.75, 3.05) is 0 Å². The number of hydrogen-bond acceptors (Lipinski definition) is 2. The fourth-order valence-electron chi connectivity index (χ4n) is 1.83. The van der Waals surface area contributed by atoms with Gasteiger partial charge in [-0.3, -0.25) is 0 Å². The second-order valence-electron chi connectivity index (χ2n) is 5.60. The van der Waals surface area contributed by atoms with Crippen LogP contribution in [0.25, 0.3) is 0 Å². The van der Waals surface area contributed by atoms with Crippen molar-refractivity contribution in [1.82, 2.24) is 9.97 Å². The van der Waals surface area contributed by atoms with E-state index in [-0.39, 0.29) is 0 Å². The molecular weight excluding hydrogens is 353 g/mol. The molecule has 0 amide bonds. The van der Waals surface area contributed by atoms with Crippen LogP contribution in [0.4, 0.5) is 8.78 Å². The van der Waals surface area contributed by atoms with Gasteiger partial charge in [0.25, 0.3) is 0 Å². The third-order valence-electron chi connectivity index (χ3n) is 2.80. The predicted molar refractivity (Wildman–Crippen MR) is 74.2 cm³/mol. The Morgan fingerprint density at radius 3 is 2.16 bits per heavy atom. The van der Waals surface area contributed by atoms with Crippen LogP contribution in [0.3, 0.4) is 0 Å². The van der Waals surface area contributed by atoms with E-state index in [4.69, 9.17) is 0 Å². The molecular formula is C14H16F2N2Sn. The summed E-state index contributed by atoms with van der Waals surface area (Å²) in [5, 5.41) is 0. The average molecular weight is 369 g/mol. The topological polar surface area (TPSA) is 25.8 Å². The van der Waals surface area contributed by atoms with E-state index in [1.165, 1.54) is 12.1 Å². The van der Waals surface area contributed by atoms with E-state index in [0.29, 0.717) is 12.0 Å². The van der Waals surface area contributed by atoms with Gasteiger partial charge in [0, 0.05) is 0 Å². The molecule has 1 heterocycles. The van der Waals surface area contributed by atoms with Crippen molar-refractivity contribution in [2.24, 2.45) is 0 Å².